The molecule has 0 spiro atoms. The minimum absolute atomic E-state index is 0.969. The molecule has 0 saturated carbocycles. The van der Waals surface area contributed by atoms with Gasteiger partial charge in [-0.05, 0) is 18.4 Å². The van der Waals surface area contributed by atoms with E-state index in [1.807, 2.05) is 6.20 Å². The van der Waals surface area contributed by atoms with Crippen LogP contribution in [0.25, 0.3) is 0 Å². The van der Waals surface area contributed by atoms with Crippen molar-refractivity contribution in [1.82, 2.24) is 5.32 Å². The summed E-state index contributed by atoms with van der Waals surface area (Å²) in [6.45, 7) is 2.11. The van der Waals surface area contributed by atoms with Gasteiger partial charge in [-0.25, -0.2) is 0 Å². The second-order valence-electron chi connectivity index (χ2n) is 2.12. The van der Waals surface area contributed by atoms with E-state index in [9.17, 15) is 0 Å². The Morgan fingerprint density at radius 1 is 1.82 bits per heavy atom. The minimum atomic E-state index is 0.969. The molecule has 0 bridgehead atoms. The lowest BCUT2D eigenvalue weighted by molar-refractivity contribution is 1.07. The highest BCUT2D eigenvalue weighted by atomic mass is 32.2. The van der Waals surface area contributed by atoms with Gasteiger partial charge in [-0.15, -0.1) is 11.8 Å². The SMILES string of the molecule is CCSC(=S)C1=CCC=CN1. The van der Waals surface area contributed by atoms with E-state index in [4.69, 9.17) is 12.2 Å². The minimum Gasteiger partial charge on any atom is -0.361 e. The Kier molecular flexibility index (Phi) is 3.66. The molecule has 1 N–H and O–H groups in total. The molecule has 0 fully saturated rings. The highest BCUT2D eigenvalue weighted by Gasteiger charge is 2.03. The molecule has 1 rings (SSSR count). The van der Waals surface area contributed by atoms with Crippen LogP contribution in [-0.2, 0) is 0 Å². The van der Waals surface area contributed by atoms with E-state index < -0.39 is 0 Å². The molecule has 60 valence electrons. The number of hydrogen-bond acceptors (Lipinski definition) is 3. The van der Waals surface area contributed by atoms with Crippen LogP contribution in [0.1, 0.15) is 13.3 Å². The molecule has 0 aromatic carbocycles. The molecule has 0 aromatic rings. The lowest BCUT2D eigenvalue weighted by atomic mass is 10.3. The van der Waals surface area contributed by atoms with Crippen LogP contribution in [0, 0.1) is 0 Å². The van der Waals surface area contributed by atoms with Gasteiger partial charge in [0.2, 0.25) is 0 Å². The first-order valence-electron chi connectivity index (χ1n) is 3.63. The van der Waals surface area contributed by atoms with E-state index in [-0.39, 0.29) is 0 Å². The molecular formula is C8H11NS2. The largest absolute Gasteiger partial charge is 0.361 e. The van der Waals surface area contributed by atoms with Crippen molar-refractivity contribution < 1.29 is 0 Å². The van der Waals surface area contributed by atoms with E-state index in [0.717, 1.165) is 22.1 Å². The van der Waals surface area contributed by atoms with Crippen LogP contribution in [0.4, 0.5) is 0 Å². The molecule has 0 aliphatic carbocycles. The van der Waals surface area contributed by atoms with E-state index >= 15 is 0 Å². The molecule has 0 atom stereocenters. The second kappa shape index (κ2) is 4.57. The Balaban J connectivity index is 2.46. The predicted octanol–water partition coefficient (Wildman–Crippen LogP) is 2.46. The van der Waals surface area contributed by atoms with Gasteiger partial charge in [0.25, 0.3) is 0 Å². The van der Waals surface area contributed by atoms with Gasteiger partial charge >= 0.3 is 0 Å². The zero-order valence-electron chi connectivity index (χ0n) is 6.46. The van der Waals surface area contributed by atoms with E-state index in [2.05, 4.69) is 24.4 Å². The lowest BCUT2D eigenvalue weighted by Crippen LogP contribution is -2.13. The molecule has 0 amide bonds. The van der Waals surface area contributed by atoms with Gasteiger partial charge in [0.15, 0.2) is 0 Å². The summed E-state index contributed by atoms with van der Waals surface area (Å²) in [5.41, 5.74) is 1.09. The van der Waals surface area contributed by atoms with Crippen molar-refractivity contribution >= 4 is 28.2 Å². The standard InChI is InChI=1S/C8H11NS2/c1-2-11-8(10)7-5-3-4-6-9-7/h4-6,9H,2-3H2,1H3. The van der Waals surface area contributed by atoms with Crippen molar-refractivity contribution in [2.75, 3.05) is 5.75 Å². The summed E-state index contributed by atoms with van der Waals surface area (Å²) < 4.78 is 0.969. The molecule has 1 heterocycles. The Hall–Kier alpha value is -0.280. The van der Waals surface area contributed by atoms with Crippen molar-refractivity contribution in [2.45, 2.75) is 13.3 Å². The van der Waals surface area contributed by atoms with Crippen molar-refractivity contribution in [3.05, 3.63) is 24.0 Å². The van der Waals surface area contributed by atoms with Crippen molar-refractivity contribution in [3.8, 4) is 0 Å². The second-order valence-corrected chi connectivity index (χ2v) is 4.06. The maximum atomic E-state index is 5.17. The van der Waals surface area contributed by atoms with Crippen LogP contribution in [0.3, 0.4) is 0 Å². The van der Waals surface area contributed by atoms with Gasteiger partial charge in [-0.1, -0.05) is 31.3 Å². The molecule has 0 aromatic heterocycles. The zero-order valence-corrected chi connectivity index (χ0v) is 8.10. The van der Waals surface area contributed by atoms with Crippen molar-refractivity contribution in [2.24, 2.45) is 0 Å². The summed E-state index contributed by atoms with van der Waals surface area (Å²) in [4.78, 5) is 0. The lowest BCUT2D eigenvalue weighted by Gasteiger charge is -2.10. The normalized spacial score (nSPS) is 15.5. The molecular weight excluding hydrogens is 174 g/mol. The first-order valence-corrected chi connectivity index (χ1v) is 5.03. The molecule has 0 radical (unpaired) electrons. The summed E-state index contributed by atoms with van der Waals surface area (Å²) >= 11 is 6.88. The maximum Gasteiger partial charge on any atom is 0.0937 e. The van der Waals surface area contributed by atoms with Gasteiger partial charge in [-0.3, -0.25) is 0 Å². The third-order valence-electron chi connectivity index (χ3n) is 1.31. The van der Waals surface area contributed by atoms with Crippen LogP contribution in [0.2, 0.25) is 0 Å². The Morgan fingerprint density at radius 2 is 2.64 bits per heavy atom. The molecule has 11 heavy (non-hydrogen) atoms. The summed E-state index contributed by atoms with van der Waals surface area (Å²) in [5, 5.41) is 3.12. The monoisotopic (exact) mass is 185 g/mol. The number of thioether (sulfide) groups is 1. The Bertz CT molecular complexity index is 206. The van der Waals surface area contributed by atoms with Crippen molar-refractivity contribution in [1.29, 1.82) is 0 Å². The van der Waals surface area contributed by atoms with Crippen LogP contribution in [0.5, 0.6) is 0 Å². The summed E-state index contributed by atoms with van der Waals surface area (Å²) in [5.74, 6) is 1.04. The average molecular weight is 185 g/mol. The fourth-order valence-electron chi connectivity index (χ4n) is 0.813. The average Bonchev–Trinajstić information content (AvgIpc) is 2.07. The Labute approximate surface area is 76.9 Å². The summed E-state index contributed by atoms with van der Waals surface area (Å²) in [6.07, 6.45) is 7.12. The fourth-order valence-corrected chi connectivity index (χ4v) is 1.87. The molecule has 1 aliphatic rings. The molecule has 1 nitrogen and oxygen atoms in total. The molecule has 0 saturated heterocycles. The number of dihydropyridines is 1. The van der Waals surface area contributed by atoms with Gasteiger partial charge < -0.3 is 5.32 Å². The third kappa shape index (κ3) is 2.67. The van der Waals surface area contributed by atoms with Gasteiger partial charge in [0.1, 0.15) is 0 Å². The van der Waals surface area contributed by atoms with E-state index in [1.165, 1.54) is 0 Å². The quantitative estimate of drug-likeness (QED) is 0.664. The topological polar surface area (TPSA) is 12.0 Å². The summed E-state index contributed by atoms with van der Waals surface area (Å²) in [7, 11) is 0. The fraction of sp³-hybridized carbons (Fsp3) is 0.375. The van der Waals surface area contributed by atoms with Gasteiger partial charge in [0.05, 0.1) is 9.89 Å². The number of allylic oxidation sites excluding steroid dienone is 2. The first kappa shape index (κ1) is 8.81. The number of nitrogens with one attached hydrogen (secondary N) is 1. The first-order chi connectivity index (χ1) is 5.34. The predicted molar refractivity (Wildman–Crippen MR) is 55.7 cm³/mol. The van der Waals surface area contributed by atoms with Crippen LogP contribution in [0.15, 0.2) is 24.0 Å². The zero-order chi connectivity index (χ0) is 8.10. The summed E-state index contributed by atoms with van der Waals surface area (Å²) in [6, 6.07) is 0. The molecule has 0 unspecified atom stereocenters. The van der Waals surface area contributed by atoms with E-state index in [1.54, 1.807) is 11.8 Å². The number of hydrogen-bond donors (Lipinski definition) is 1. The van der Waals surface area contributed by atoms with E-state index in [0.29, 0.717) is 0 Å². The Morgan fingerprint density at radius 3 is 3.18 bits per heavy atom. The number of thiocarbonyl (C=S) groups is 1. The highest BCUT2D eigenvalue weighted by Crippen LogP contribution is 2.13. The smallest absolute Gasteiger partial charge is 0.0937 e. The van der Waals surface area contributed by atoms with Crippen molar-refractivity contribution in [3.63, 3.8) is 0 Å². The molecule has 1 aliphatic heterocycles. The van der Waals surface area contributed by atoms with Crippen LogP contribution >= 0.6 is 24.0 Å². The van der Waals surface area contributed by atoms with Crippen LogP contribution < -0.4 is 5.32 Å². The van der Waals surface area contributed by atoms with Gasteiger partial charge in [0, 0.05) is 0 Å². The van der Waals surface area contributed by atoms with Crippen LogP contribution in [-0.4, -0.2) is 9.95 Å². The number of rotatable bonds is 2. The third-order valence-corrected chi connectivity index (χ3v) is 2.65. The molecule has 3 heteroatoms. The van der Waals surface area contributed by atoms with Gasteiger partial charge in [-0.2, -0.15) is 0 Å². The maximum absolute atomic E-state index is 5.17. The highest BCUT2D eigenvalue weighted by molar-refractivity contribution is 8.23.